The standard InChI is InChI=1S/C18H16N2O4/c1-22-13-8-9-14(16(10-13)23-2)17-11-15(18(21)24-17)20-19-12-6-4-3-5-7-12/h3-11,21H,1-2H3. The summed E-state index contributed by atoms with van der Waals surface area (Å²) in [5.74, 6) is 1.35. The summed E-state index contributed by atoms with van der Waals surface area (Å²) in [4.78, 5) is 0. The van der Waals surface area contributed by atoms with Gasteiger partial charge in [-0.2, -0.15) is 5.11 Å². The molecule has 6 heteroatoms. The Labute approximate surface area is 139 Å². The normalized spacial score (nSPS) is 10.9. The van der Waals surface area contributed by atoms with Crippen molar-refractivity contribution in [2.45, 2.75) is 0 Å². The number of benzene rings is 2. The van der Waals surface area contributed by atoms with Crippen LogP contribution in [0, 0.1) is 0 Å². The molecule has 122 valence electrons. The molecule has 3 aromatic rings. The lowest BCUT2D eigenvalue weighted by Crippen LogP contribution is -1.89. The Morgan fingerprint density at radius 1 is 0.917 bits per heavy atom. The molecule has 24 heavy (non-hydrogen) atoms. The van der Waals surface area contributed by atoms with E-state index >= 15 is 0 Å². The van der Waals surface area contributed by atoms with E-state index in [1.807, 2.05) is 30.3 Å². The zero-order valence-corrected chi connectivity index (χ0v) is 13.3. The number of nitrogens with zero attached hydrogens (tertiary/aromatic N) is 2. The second-order valence-corrected chi connectivity index (χ2v) is 4.90. The number of ether oxygens (including phenoxy) is 2. The second-order valence-electron chi connectivity index (χ2n) is 4.90. The zero-order valence-electron chi connectivity index (χ0n) is 13.3. The fourth-order valence-electron chi connectivity index (χ4n) is 2.18. The van der Waals surface area contributed by atoms with Crippen LogP contribution in [0.3, 0.4) is 0 Å². The first-order valence-corrected chi connectivity index (χ1v) is 7.23. The number of hydrogen-bond acceptors (Lipinski definition) is 6. The van der Waals surface area contributed by atoms with Crippen molar-refractivity contribution < 1.29 is 19.0 Å². The maximum atomic E-state index is 9.95. The van der Waals surface area contributed by atoms with Crippen molar-refractivity contribution in [2.75, 3.05) is 14.2 Å². The van der Waals surface area contributed by atoms with Crippen LogP contribution in [0.2, 0.25) is 0 Å². The predicted molar refractivity (Wildman–Crippen MR) is 89.5 cm³/mol. The molecule has 0 spiro atoms. The quantitative estimate of drug-likeness (QED) is 0.664. The number of aromatic hydroxyl groups is 1. The van der Waals surface area contributed by atoms with Gasteiger partial charge in [0.15, 0.2) is 5.69 Å². The third-order valence-corrected chi connectivity index (χ3v) is 3.40. The van der Waals surface area contributed by atoms with Crippen LogP contribution in [-0.2, 0) is 0 Å². The molecule has 0 unspecified atom stereocenters. The Morgan fingerprint density at radius 3 is 2.42 bits per heavy atom. The number of azo groups is 1. The van der Waals surface area contributed by atoms with Crippen LogP contribution in [-0.4, -0.2) is 19.3 Å². The Morgan fingerprint density at radius 2 is 1.71 bits per heavy atom. The maximum Gasteiger partial charge on any atom is 0.311 e. The highest BCUT2D eigenvalue weighted by molar-refractivity contribution is 5.71. The van der Waals surface area contributed by atoms with Gasteiger partial charge in [0, 0.05) is 12.1 Å². The van der Waals surface area contributed by atoms with E-state index in [9.17, 15) is 5.11 Å². The summed E-state index contributed by atoms with van der Waals surface area (Å²) >= 11 is 0. The van der Waals surface area contributed by atoms with Crippen LogP contribution >= 0.6 is 0 Å². The zero-order chi connectivity index (χ0) is 16.9. The third kappa shape index (κ3) is 3.22. The number of rotatable bonds is 5. The summed E-state index contributed by atoms with van der Waals surface area (Å²) in [5, 5.41) is 18.0. The van der Waals surface area contributed by atoms with Crippen LogP contribution in [0.25, 0.3) is 11.3 Å². The molecule has 3 rings (SSSR count). The molecule has 0 atom stereocenters. The molecule has 0 aliphatic rings. The molecule has 1 heterocycles. The van der Waals surface area contributed by atoms with Gasteiger partial charge in [0.25, 0.3) is 0 Å². The Hall–Kier alpha value is -3.28. The molecule has 0 radical (unpaired) electrons. The van der Waals surface area contributed by atoms with E-state index in [0.29, 0.717) is 28.5 Å². The SMILES string of the molecule is COc1ccc(-c2cc(N=Nc3ccccc3)c(O)o2)c(OC)c1. The van der Waals surface area contributed by atoms with Crippen molar-refractivity contribution in [2.24, 2.45) is 10.2 Å². The topological polar surface area (TPSA) is 76.6 Å². The van der Waals surface area contributed by atoms with Crippen molar-refractivity contribution in [1.29, 1.82) is 0 Å². The molecule has 0 fully saturated rings. The highest BCUT2D eigenvalue weighted by Gasteiger charge is 2.16. The van der Waals surface area contributed by atoms with Gasteiger partial charge in [-0.15, -0.1) is 5.11 Å². The van der Waals surface area contributed by atoms with Crippen LogP contribution in [0.4, 0.5) is 11.4 Å². The highest BCUT2D eigenvalue weighted by atomic mass is 16.5. The summed E-state index contributed by atoms with van der Waals surface area (Å²) in [6.45, 7) is 0. The summed E-state index contributed by atoms with van der Waals surface area (Å²) in [6.07, 6.45) is 0. The summed E-state index contributed by atoms with van der Waals surface area (Å²) in [7, 11) is 3.13. The maximum absolute atomic E-state index is 9.95. The number of furan rings is 1. The second kappa shape index (κ2) is 6.87. The minimum absolute atomic E-state index is 0.242. The third-order valence-electron chi connectivity index (χ3n) is 3.40. The average molecular weight is 324 g/mol. The van der Waals surface area contributed by atoms with Crippen molar-refractivity contribution in [3.8, 4) is 28.8 Å². The Bertz CT molecular complexity index is 857. The van der Waals surface area contributed by atoms with Gasteiger partial charge >= 0.3 is 5.95 Å². The van der Waals surface area contributed by atoms with Crippen molar-refractivity contribution in [3.05, 3.63) is 54.6 Å². The largest absolute Gasteiger partial charge is 0.497 e. The predicted octanol–water partition coefficient (Wildman–Crippen LogP) is 5.08. The van der Waals surface area contributed by atoms with Crippen LogP contribution < -0.4 is 9.47 Å². The molecule has 0 amide bonds. The summed E-state index contributed by atoms with van der Waals surface area (Å²) in [5.41, 5.74) is 1.60. The molecule has 0 aliphatic heterocycles. The van der Waals surface area contributed by atoms with Gasteiger partial charge in [0.1, 0.15) is 17.3 Å². The fraction of sp³-hybridized carbons (Fsp3) is 0.111. The number of methoxy groups -OCH3 is 2. The van der Waals surface area contributed by atoms with E-state index in [-0.39, 0.29) is 11.6 Å². The van der Waals surface area contributed by atoms with Crippen molar-refractivity contribution in [1.82, 2.24) is 0 Å². The first-order valence-electron chi connectivity index (χ1n) is 7.23. The lowest BCUT2D eigenvalue weighted by molar-refractivity contribution is 0.338. The monoisotopic (exact) mass is 324 g/mol. The van der Waals surface area contributed by atoms with Crippen molar-refractivity contribution in [3.63, 3.8) is 0 Å². The van der Waals surface area contributed by atoms with E-state index in [1.54, 1.807) is 38.5 Å². The molecular formula is C18H16N2O4. The first kappa shape index (κ1) is 15.6. The minimum Gasteiger partial charge on any atom is -0.497 e. The number of hydrogen-bond donors (Lipinski definition) is 1. The van der Waals surface area contributed by atoms with Crippen LogP contribution in [0.1, 0.15) is 0 Å². The lowest BCUT2D eigenvalue weighted by atomic mass is 10.1. The molecule has 0 saturated carbocycles. The van der Waals surface area contributed by atoms with Gasteiger partial charge in [-0.1, -0.05) is 18.2 Å². The molecular weight excluding hydrogens is 308 g/mol. The van der Waals surface area contributed by atoms with Gasteiger partial charge in [0.2, 0.25) is 0 Å². The van der Waals surface area contributed by atoms with Gasteiger partial charge in [0.05, 0.1) is 25.5 Å². The van der Waals surface area contributed by atoms with E-state index in [4.69, 9.17) is 13.9 Å². The Kier molecular flexibility index (Phi) is 4.47. The molecule has 0 bridgehead atoms. The van der Waals surface area contributed by atoms with Crippen molar-refractivity contribution >= 4 is 11.4 Å². The molecule has 0 saturated heterocycles. The summed E-state index contributed by atoms with van der Waals surface area (Å²) < 4.78 is 15.9. The fourth-order valence-corrected chi connectivity index (χ4v) is 2.18. The molecule has 1 N–H and O–H groups in total. The van der Waals surface area contributed by atoms with Crippen LogP contribution in [0.5, 0.6) is 17.4 Å². The van der Waals surface area contributed by atoms with Gasteiger partial charge < -0.3 is 19.0 Å². The molecule has 0 aliphatic carbocycles. The van der Waals surface area contributed by atoms with Gasteiger partial charge in [-0.25, -0.2) is 0 Å². The van der Waals surface area contributed by atoms with E-state index in [1.165, 1.54) is 0 Å². The average Bonchev–Trinajstić information content (AvgIpc) is 3.00. The molecule has 1 aromatic heterocycles. The van der Waals surface area contributed by atoms with Crippen LogP contribution in [0.15, 0.2) is 69.2 Å². The van der Waals surface area contributed by atoms with E-state index in [2.05, 4.69) is 10.2 Å². The van der Waals surface area contributed by atoms with E-state index in [0.717, 1.165) is 0 Å². The highest BCUT2D eigenvalue weighted by Crippen LogP contribution is 2.41. The summed E-state index contributed by atoms with van der Waals surface area (Å²) in [6, 6.07) is 16.1. The van der Waals surface area contributed by atoms with Gasteiger partial charge in [-0.05, 0) is 24.3 Å². The first-order chi connectivity index (χ1) is 11.7. The molecule has 6 nitrogen and oxygen atoms in total. The minimum atomic E-state index is -0.303. The van der Waals surface area contributed by atoms with E-state index < -0.39 is 0 Å². The molecule has 2 aromatic carbocycles. The lowest BCUT2D eigenvalue weighted by Gasteiger charge is -2.07. The Balaban J connectivity index is 1.93. The smallest absolute Gasteiger partial charge is 0.311 e. The van der Waals surface area contributed by atoms with Gasteiger partial charge in [-0.3, -0.25) is 0 Å².